The van der Waals surface area contributed by atoms with Crippen molar-refractivity contribution in [3.8, 4) is 17.2 Å². The van der Waals surface area contributed by atoms with E-state index in [2.05, 4.69) is 0 Å². The van der Waals surface area contributed by atoms with Gasteiger partial charge in [-0.15, -0.1) is 0 Å². The summed E-state index contributed by atoms with van der Waals surface area (Å²) in [5.41, 5.74) is 4.09. The van der Waals surface area contributed by atoms with Gasteiger partial charge in [-0.2, -0.15) is 0 Å². The molecule has 0 aliphatic rings. The van der Waals surface area contributed by atoms with Crippen LogP contribution in [-0.4, -0.2) is 31.9 Å². The lowest BCUT2D eigenvalue weighted by molar-refractivity contribution is -0.142. The van der Waals surface area contributed by atoms with E-state index in [1.54, 1.807) is 0 Å². The molecule has 6 heteroatoms. The van der Waals surface area contributed by atoms with E-state index in [1.807, 2.05) is 0 Å². The highest BCUT2D eigenvalue weighted by atomic mass is 16.4. The lowest BCUT2D eigenvalue weighted by Gasteiger charge is -2.19. The highest BCUT2D eigenvalue weighted by Crippen LogP contribution is 2.33. The van der Waals surface area contributed by atoms with Gasteiger partial charge >= 0.3 is 5.97 Å². The smallest absolute Gasteiger partial charge is 0.323 e. The summed E-state index contributed by atoms with van der Waals surface area (Å²) < 4.78 is 0. The summed E-state index contributed by atoms with van der Waals surface area (Å²) in [6, 6.07) is 2.02. The van der Waals surface area contributed by atoms with E-state index >= 15 is 0 Å². The van der Waals surface area contributed by atoms with Crippen molar-refractivity contribution in [1.82, 2.24) is 0 Å². The van der Waals surface area contributed by atoms with Gasteiger partial charge in [0.2, 0.25) is 0 Å². The summed E-state index contributed by atoms with van der Waals surface area (Å²) in [5.74, 6) is -2.45. The quantitative estimate of drug-likeness (QED) is 0.370. The third kappa shape index (κ3) is 2.34. The zero-order valence-corrected chi connectivity index (χ0v) is 8.64. The number of hydrogen-bond donors (Lipinski definition) is 5. The van der Waals surface area contributed by atoms with Crippen LogP contribution in [0.1, 0.15) is 12.5 Å². The normalized spacial score (nSPS) is 14.4. The van der Waals surface area contributed by atoms with Gasteiger partial charge in [-0.05, 0) is 13.0 Å². The van der Waals surface area contributed by atoms with Gasteiger partial charge in [-0.3, -0.25) is 4.79 Å². The lowest BCUT2D eigenvalue weighted by Crippen LogP contribution is -2.46. The molecule has 1 rings (SSSR count). The molecule has 0 aromatic heterocycles. The summed E-state index contributed by atoms with van der Waals surface area (Å²) in [6.45, 7) is 1.29. The Morgan fingerprint density at radius 3 is 2.25 bits per heavy atom. The molecule has 0 saturated heterocycles. The number of rotatable bonds is 3. The average Bonchev–Trinajstić information content (AvgIpc) is 2.13. The van der Waals surface area contributed by atoms with E-state index in [9.17, 15) is 15.0 Å². The molecule has 6 nitrogen and oxygen atoms in total. The van der Waals surface area contributed by atoms with Gasteiger partial charge < -0.3 is 26.2 Å². The molecule has 1 atom stereocenters. The van der Waals surface area contributed by atoms with E-state index in [1.165, 1.54) is 6.92 Å². The molecular formula is C10H13NO5. The van der Waals surface area contributed by atoms with Gasteiger partial charge in [-0.25, -0.2) is 0 Å². The van der Waals surface area contributed by atoms with Crippen LogP contribution in [0.15, 0.2) is 12.1 Å². The third-order valence-electron chi connectivity index (χ3n) is 2.22. The predicted molar refractivity (Wildman–Crippen MR) is 55.4 cm³/mol. The van der Waals surface area contributed by atoms with Crippen LogP contribution in [0.4, 0.5) is 0 Å². The van der Waals surface area contributed by atoms with Crippen molar-refractivity contribution < 1.29 is 25.2 Å². The van der Waals surface area contributed by atoms with Crippen LogP contribution in [0, 0.1) is 0 Å². The Kier molecular flexibility index (Phi) is 2.95. The molecule has 0 amide bonds. The number of hydrogen-bond acceptors (Lipinski definition) is 5. The first kappa shape index (κ1) is 12.1. The Morgan fingerprint density at radius 2 is 1.75 bits per heavy atom. The SMILES string of the molecule is C[C@](N)(Cc1cc(O)c(O)cc1O)C(=O)O. The zero-order chi connectivity index (χ0) is 12.5. The Hall–Kier alpha value is -1.95. The molecule has 0 radical (unpaired) electrons. The summed E-state index contributed by atoms with van der Waals surface area (Å²) in [6.07, 6.45) is -0.165. The number of aromatic hydroxyl groups is 3. The number of benzene rings is 1. The minimum Gasteiger partial charge on any atom is -0.508 e. The van der Waals surface area contributed by atoms with Crippen molar-refractivity contribution >= 4 is 5.97 Å². The molecule has 88 valence electrons. The maximum Gasteiger partial charge on any atom is 0.323 e. The number of aliphatic carboxylic acids is 1. The first-order valence-corrected chi connectivity index (χ1v) is 4.50. The van der Waals surface area contributed by atoms with Gasteiger partial charge in [0.25, 0.3) is 0 Å². The Balaban J connectivity index is 3.07. The van der Waals surface area contributed by atoms with Crippen molar-refractivity contribution in [3.63, 3.8) is 0 Å². The van der Waals surface area contributed by atoms with Crippen molar-refractivity contribution in [1.29, 1.82) is 0 Å². The van der Waals surface area contributed by atoms with Crippen molar-refractivity contribution in [3.05, 3.63) is 17.7 Å². The van der Waals surface area contributed by atoms with Crippen molar-refractivity contribution in [2.45, 2.75) is 18.9 Å². The topological polar surface area (TPSA) is 124 Å². The predicted octanol–water partition coefficient (Wildman–Crippen LogP) is 0.148. The van der Waals surface area contributed by atoms with Crippen LogP contribution >= 0.6 is 0 Å². The Labute approximate surface area is 91.6 Å². The number of nitrogens with two attached hydrogens (primary N) is 1. The Bertz CT molecular complexity index is 427. The number of phenols is 3. The van der Waals surface area contributed by atoms with Crippen LogP contribution in [0.25, 0.3) is 0 Å². The second-order valence-corrected chi connectivity index (χ2v) is 3.87. The summed E-state index contributed by atoms with van der Waals surface area (Å²) in [4.78, 5) is 10.8. The molecule has 0 unspecified atom stereocenters. The van der Waals surface area contributed by atoms with E-state index in [-0.39, 0.29) is 17.7 Å². The zero-order valence-electron chi connectivity index (χ0n) is 8.64. The van der Waals surface area contributed by atoms with Crippen LogP contribution in [0.5, 0.6) is 17.2 Å². The minimum atomic E-state index is -1.55. The second-order valence-electron chi connectivity index (χ2n) is 3.87. The molecule has 1 aromatic rings. The first-order valence-electron chi connectivity index (χ1n) is 4.50. The minimum absolute atomic E-state index is 0.155. The van der Waals surface area contributed by atoms with Crippen molar-refractivity contribution in [2.75, 3.05) is 0 Å². The molecule has 1 aromatic carbocycles. The molecule has 0 spiro atoms. The molecule has 0 fully saturated rings. The summed E-state index contributed by atoms with van der Waals surface area (Å²) >= 11 is 0. The number of carboxylic acids is 1. The van der Waals surface area contributed by atoms with Gasteiger partial charge in [-0.1, -0.05) is 0 Å². The van der Waals surface area contributed by atoms with Gasteiger partial charge in [0.05, 0.1) is 0 Å². The molecular weight excluding hydrogens is 214 g/mol. The monoisotopic (exact) mass is 227 g/mol. The van der Waals surface area contributed by atoms with Crippen LogP contribution in [0.2, 0.25) is 0 Å². The number of phenolic OH excluding ortho intramolecular Hbond substituents is 3. The van der Waals surface area contributed by atoms with E-state index in [0.29, 0.717) is 0 Å². The molecule has 16 heavy (non-hydrogen) atoms. The highest BCUT2D eigenvalue weighted by molar-refractivity contribution is 5.78. The van der Waals surface area contributed by atoms with E-state index in [4.69, 9.17) is 15.9 Å². The summed E-state index contributed by atoms with van der Waals surface area (Å²) in [7, 11) is 0. The molecule has 0 heterocycles. The average molecular weight is 227 g/mol. The second kappa shape index (κ2) is 3.90. The van der Waals surface area contributed by atoms with Gasteiger partial charge in [0.1, 0.15) is 11.3 Å². The fourth-order valence-electron chi connectivity index (χ4n) is 1.22. The van der Waals surface area contributed by atoms with Crippen LogP contribution in [0.3, 0.4) is 0 Å². The third-order valence-corrected chi connectivity index (χ3v) is 2.22. The maximum atomic E-state index is 10.8. The largest absolute Gasteiger partial charge is 0.508 e. The number of carboxylic acid groups (broad SMARTS) is 1. The molecule has 0 saturated carbocycles. The molecule has 0 aliphatic carbocycles. The fourth-order valence-corrected chi connectivity index (χ4v) is 1.22. The number of carbonyl (C=O) groups is 1. The van der Waals surface area contributed by atoms with Crippen LogP contribution < -0.4 is 5.73 Å². The molecule has 6 N–H and O–H groups in total. The first-order chi connectivity index (χ1) is 7.24. The highest BCUT2D eigenvalue weighted by Gasteiger charge is 2.29. The van der Waals surface area contributed by atoms with Crippen LogP contribution in [-0.2, 0) is 11.2 Å². The fraction of sp³-hybridized carbons (Fsp3) is 0.300. The standard InChI is InChI=1S/C10H13NO5/c1-10(11,9(15)16)4-5-2-7(13)8(14)3-6(5)12/h2-3,12-14H,4,11H2,1H3,(H,15,16)/t10-/m0/s1. The molecule has 0 bridgehead atoms. The lowest BCUT2D eigenvalue weighted by atomic mass is 9.93. The molecule has 0 aliphatic heterocycles. The van der Waals surface area contributed by atoms with E-state index < -0.39 is 23.0 Å². The van der Waals surface area contributed by atoms with Gasteiger partial charge in [0, 0.05) is 18.1 Å². The van der Waals surface area contributed by atoms with Gasteiger partial charge in [0.15, 0.2) is 11.5 Å². The van der Waals surface area contributed by atoms with E-state index in [0.717, 1.165) is 12.1 Å². The van der Waals surface area contributed by atoms with Crippen molar-refractivity contribution in [2.24, 2.45) is 5.73 Å². The Morgan fingerprint density at radius 1 is 1.25 bits per heavy atom. The summed E-state index contributed by atoms with van der Waals surface area (Å²) in [5, 5.41) is 36.5. The maximum absolute atomic E-state index is 10.8.